The maximum Gasteiger partial charge on any atom is 0.326 e. The lowest BCUT2D eigenvalue weighted by atomic mass is 10.1. The van der Waals surface area contributed by atoms with Crippen molar-refractivity contribution in [3.63, 3.8) is 0 Å². The number of ether oxygens (including phenoxy) is 1. The molecule has 42 heavy (non-hydrogen) atoms. The average molecular weight is 581 g/mol. The number of benzene rings is 1. The van der Waals surface area contributed by atoms with Crippen molar-refractivity contribution in [1.82, 2.24) is 19.9 Å². The maximum absolute atomic E-state index is 13.6. The molecule has 0 spiro atoms. The summed E-state index contributed by atoms with van der Waals surface area (Å²) in [5.74, 6) is -0.453. The van der Waals surface area contributed by atoms with E-state index in [0.717, 1.165) is 86.8 Å². The Morgan fingerprint density at radius 1 is 1.10 bits per heavy atom. The van der Waals surface area contributed by atoms with E-state index in [0.29, 0.717) is 37.9 Å². The van der Waals surface area contributed by atoms with Crippen molar-refractivity contribution >= 4 is 17.7 Å². The van der Waals surface area contributed by atoms with Crippen molar-refractivity contribution in [2.24, 2.45) is 0 Å². The van der Waals surface area contributed by atoms with Gasteiger partial charge in [-0.1, -0.05) is 6.07 Å². The molecule has 0 saturated heterocycles. The zero-order chi connectivity index (χ0) is 29.3. The Kier molecular flexibility index (Phi) is 10.1. The first-order valence-corrected chi connectivity index (χ1v) is 14.8. The van der Waals surface area contributed by atoms with E-state index in [1.807, 2.05) is 0 Å². The van der Waals surface area contributed by atoms with E-state index in [4.69, 9.17) is 9.72 Å². The van der Waals surface area contributed by atoms with E-state index in [1.165, 1.54) is 5.56 Å². The molecule has 11 heteroatoms. The van der Waals surface area contributed by atoms with E-state index in [9.17, 15) is 18.7 Å². The third-order valence-electron chi connectivity index (χ3n) is 7.68. The van der Waals surface area contributed by atoms with Crippen LogP contribution < -0.4 is 15.4 Å². The number of aliphatic carboxylic acids is 1. The number of carboxylic acids is 1. The third-order valence-corrected chi connectivity index (χ3v) is 7.68. The second kappa shape index (κ2) is 14.4. The number of carbonyl (C=O) groups is 1. The van der Waals surface area contributed by atoms with Crippen LogP contribution in [0, 0.1) is 11.6 Å². The second-order valence-electron chi connectivity index (χ2n) is 11.0. The number of carboxylic acid groups (broad SMARTS) is 1. The first-order chi connectivity index (χ1) is 20.4. The van der Waals surface area contributed by atoms with Crippen LogP contribution in [0.15, 0.2) is 42.7 Å². The Labute approximate surface area is 244 Å². The molecule has 1 atom stereocenters. The minimum atomic E-state index is -0.983. The molecule has 2 aliphatic rings. The zero-order valence-corrected chi connectivity index (χ0v) is 23.7. The number of pyridine rings is 1. The summed E-state index contributed by atoms with van der Waals surface area (Å²) in [7, 11) is 0. The van der Waals surface area contributed by atoms with Gasteiger partial charge in [-0.2, -0.15) is 0 Å². The van der Waals surface area contributed by atoms with Gasteiger partial charge < -0.3 is 20.5 Å². The van der Waals surface area contributed by atoms with Crippen molar-refractivity contribution < 1.29 is 23.4 Å². The summed E-state index contributed by atoms with van der Waals surface area (Å²) in [5.41, 5.74) is 3.40. The van der Waals surface area contributed by atoms with Gasteiger partial charge >= 0.3 is 5.97 Å². The molecule has 1 fully saturated rings. The van der Waals surface area contributed by atoms with Gasteiger partial charge in [0.1, 0.15) is 35.9 Å². The molecular weight excluding hydrogens is 542 g/mol. The molecule has 3 N–H and O–H groups in total. The largest absolute Gasteiger partial charge is 0.492 e. The smallest absolute Gasteiger partial charge is 0.326 e. The molecule has 3 heterocycles. The van der Waals surface area contributed by atoms with Gasteiger partial charge in [0, 0.05) is 55.9 Å². The quantitative estimate of drug-likeness (QED) is 0.201. The fraction of sp³-hybridized carbons (Fsp3) is 0.484. The lowest BCUT2D eigenvalue weighted by Crippen LogP contribution is -2.37. The Balaban J connectivity index is 1.14. The molecular formula is C31H38F2N6O3. The fourth-order valence-corrected chi connectivity index (χ4v) is 5.15. The molecule has 0 amide bonds. The summed E-state index contributed by atoms with van der Waals surface area (Å²) in [6.07, 6.45) is 10.9. The van der Waals surface area contributed by atoms with Gasteiger partial charge in [0.25, 0.3) is 0 Å². The third kappa shape index (κ3) is 8.82. The van der Waals surface area contributed by atoms with Gasteiger partial charge in [-0.05, 0) is 81.0 Å². The maximum atomic E-state index is 13.6. The summed E-state index contributed by atoms with van der Waals surface area (Å²) in [6.45, 7) is 2.82. The normalized spacial score (nSPS) is 15.1. The Hall–Kier alpha value is -3.86. The van der Waals surface area contributed by atoms with Gasteiger partial charge in [-0.25, -0.2) is 28.5 Å². The number of aryl methyl sites for hydroxylation is 2. The van der Waals surface area contributed by atoms with Crippen LogP contribution in [-0.2, 0) is 17.6 Å². The molecule has 0 bridgehead atoms. The molecule has 9 nitrogen and oxygen atoms in total. The van der Waals surface area contributed by atoms with Crippen molar-refractivity contribution in [3.05, 3.63) is 71.2 Å². The molecule has 224 valence electrons. The fourth-order valence-electron chi connectivity index (χ4n) is 5.15. The SMILES string of the molecule is O=C(O)[C@H](CCN(CCCCc1ccc2c(n1)NCCC2)CCOc1cc(F)cc(F)c1)Nc1ncc(C2CC2)cn1. The van der Waals surface area contributed by atoms with Crippen LogP contribution in [-0.4, -0.2) is 69.8 Å². The molecule has 0 unspecified atom stereocenters. The standard InChI is InChI=1S/C31H38F2N6O3/c32-24-16-25(33)18-27(17-24)42-15-14-39(12-2-1-5-26-9-8-22-4-3-11-34-29(22)37-26)13-10-28(30(40)41)38-31-35-19-23(20-36-31)21-6-7-21/h8-9,16-21,28H,1-7,10-15H2,(H,34,37)(H,40,41)(H,35,36,38)/t28-/m0/s1. The van der Waals surface area contributed by atoms with E-state index in [2.05, 4.69) is 37.6 Å². The molecule has 2 aromatic heterocycles. The van der Waals surface area contributed by atoms with Gasteiger partial charge in [0.15, 0.2) is 0 Å². The first kappa shape index (κ1) is 29.6. The lowest BCUT2D eigenvalue weighted by molar-refractivity contribution is -0.138. The van der Waals surface area contributed by atoms with E-state index < -0.39 is 23.6 Å². The predicted octanol–water partition coefficient (Wildman–Crippen LogP) is 5.04. The topological polar surface area (TPSA) is 112 Å². The molecule has 1 aromatic carbocycles. The molecule has 1 saturated carbocycles. The van der Waals surface area contributed by atoms with Crippen LogP contribution in [0.3, 0.4) is 0 Å². The lowest BCUT2D eigenvalue weighted by Gasteiger charge is -2.24. The number of hydrogen-bond donors (Lipinski definition) is 3. The highest BCUT2D eigenvalue weighted by Gasteiger charge is 2.25. The number of fused-ring (bicyclic) bond motifs is 1. The van der Waals surface area contributed by atoms with Crippen LogP contribution in [0.5, 0.6) is 5.75 Å². The first-order valence-electron chi connectivity index (χ1n) is 14.8. The monoisotopic (exact) mass is 580 g/mol. The number of aromatic nitrogens is 3. The molecule has 0 radical (unpaired) electrons. The number of halogens is 2. The summed E-state index contributed by atoms with van der Waals surface area (Å²) >= 11 is 0. The van der Waals surface area contributed by atoms with E-state index >= 15 is 0 Å². The second-order valence-corrected chi connectivity index (χ2v) is 11.0. The van der Waals surface area contributed by atoms with E-state index in [1.54, 1.807) is 12.4 Å². The molecule has 1 aliphatic carbocycles. The minimum absolute atomic E-state index is 0.122. The number of unbranched alkanes of at least 4 members (excludes halogenated alkanes) is 1. The van der Waals surface area contributed by atoms with Crippen molar-refractivity contribution in [1.29, 1.82) is 0 Å². The van der Waals surface area contributed by atoms with Crippen LogP contribution in [0.4, 0.5) is 20.5 Å². The molecule has 3 aromatic rings. The summed E-state index contributed by atoms with van der Waals surface area (Å²) in [5, 5.41) is 16.2. The number of nitrogens with one attached hydrogen (secondary N) is 2. The van der Waals surface area contributed by atoms with Gasteiger partial charge in [-0.15, -0.1) is 0 Å². The van der Waals surface area contributed by atoms with Crippen molar-refractivity contribution in [2.45, 2.75) is 63.3 Å². The Morgan fingerprint density at radius 3 is 2.62 bits per heavy atom. The molecule has 5 rings (SSSR count). The Bertz CT molecular complexity index is 1320. The Morgan fingerprint density at radius 2 is 1.88 bits per heavy atom. The van der Waals surface area contributed by atoms with Crippen molar-refractivity contribution in [3.8, 4) is 5.75 Å². The van der Waals surface area contributed by atoms with Gasteiger partial charge in [0.2, 0.25) is 5.95 Å². The number of rotatable bonds is 16. The zero-order valence-electron chi connectivity index (χ0n) is 23.7. The highest BCUT2D eigenvalue weighted by molar-refractivity contribution is 5.76. The summed E-state index contributed by atoms with van der Waals surface area (Å²) in [4.78, 5) is 27.6. The average Bonchev–Trinajstić information content (AvgIpc) is 3.82. The number of nitrogens with zero attached hydrogens (tertiary/aromatic N) is 4. The summed E-state index contributed by atoms with van der Waals surface area (Å²) < 4.78 is 32.8. The highest BCUT2D eigenvalue weighted by Crippen LogP contribution is 2.39. The highest BCUT2D eigenvalue weighted by atomic mass is 19.1. The minimum Gasteiger partial charge on any atom is -0.492 e. The molecule has 1 aliphatic heterocycles. The van der Waals surface area contributed by atoms with E-state index in [-0.39, 0.29) is 12.4 Å². The number of anilines is 2. The van der Waals surface area contributed by atoms with Crippen LogP contribution in [0.2, 0.25) is 0 Å². The van der Waals surface area contributed by atoms with Crippen LogP contribution >= 0.6 is 0 Å². The van der Waals surface area contributed by atoms with Gasteiger partial charge in [-0.3, -0.25) is 4.90 Å². The van der Waals surface area contributed by atoms with Crippen LogP contribution in [0.1, 0.15) is 61.3 Å². The summed E-state index contributed by atoms with van der Waals surface area (Å²) in [6, 6.07) is 6.47. The van der Waals surface area contributed by atoms with Gasteiger partial charge in [0.05, 0.1) is 0 Å². The predicted molar refractivity (Wildman–Crippen MR) is 156 cm³/mol. The van der Waals surface area contributed by atoms with Crippen molar-refractivity contribution in [2.75, 3.05) is 43.4 Å². The van der Waals surface area contributed by atoms with Crippen LogP contribution in [0.25, 0.3) is 0 Å². The number of hydrogen-bond acceptors (Lipinski definition) is 8.